The fourth-order valence-electron chi connectivity index (χ4n) is 2.17. The summed E-state index contributed by atoms with van der Waals surface area (Å²) >= 11 is 0. The Labute approximate surface area is 118 Å². The first-order valence-corrected chi connectivity index (χ1v) is 6.64. The molecule has 106 valence electrons. The number of rotatable bonds is 5. The maximum absolute atomic E-state index is 9.78. The highest BCUT2D eigenvalue weighted by molar-refractivity contribution is 5.53. The van der Waals surface area contributed by atoms with E-state index in [1.807, 2.05) is 18.2 Å². The molecule has 0 aliphatic carbocycles. The molecule has 20 heavy (non-hydrogen) atoms. The lowest BCUT2D eigenvalue weighted by molar-refractivity contribution is 0.363. The SMILES string of the molecule is CCC(NCc1ccc(O)c(O)c1O)c1ccccc1. The van der Waals surface area contributed by atoms with Crippen molar-refractivity contribution in [2.75, 3.05) is 0 Å². The normalized spacial score (nSPS) is 12.2. The minimum atomic E-state index is -0.475. The molecule has 2 aromatic carbocycles. The number of aromatic hydroxyl groups is 3. The van der Waals surface area contributed by atoms with Gasteiger partial charge in [0.05, 0.1) is 0 Å². The summed E-state index contributed by atoms with van der Waals surface area (Å²) in [6.07, 6.45) is 0.912. The summed E-state index contributed by atoms with van der Waals surface area (Å²) in [5.41, 5.74) is 1.73. The van der Waals surface area contributed by atoms with Crippen LogP contribution in [0.1, 0.15) is 30.5 Å². The van der Waals surface area contributed by atoms with Crippen molar-refractivity contribution in [1.82, 2.24) is 5.32 Å². The Hall–Kier alpha value is -2.20. The van der Waals surface area contributed by atoms with Gasteiger partial charge in [-0.3, -0.25) is 0 Å². The molecule has 0 aromatic heterocycles. The summed E-state index contributed by atoms with van der Waals surface area (Å²) in [4.78, 5) is 0. The average molecular weight is 273 g/mol. The Kier molecular flexibility index (Phi) is 4.48. The smallest absolute Gasteiger partial charge is 0.200 e. The Balaban J connectivity index is 2.10. The minimum Gasteiger partial charge on any atom is -0.504 e. The van der Waals surface area contributed by atoms with Crippen molar-refractivity contribution in [3.8, 4) is 17.2 Å². The third-order valence-corrected chi connectivity index (χ3v) is 3.36. The molecule has 0 aliphatic heterocycles. The number of nitrogens with one attached hydrogen (secondary N) is 1. The number of hydrogen-bond donors (Lipinski definition) is 4. The van der Waals surface area contributed by atoms with Crippen LogP contribution in [0.5, 0.6) is 17.2 Å². The fraction of sp³-hybridized carbons (Fsp3) is 0.250. The van der Waals surface area contributed by atoms with E-state index in [-0.39, 0.29) is 17.5 Å². The molecule has 0 aliphatic rings. The van der Waals surface area contributed by atoms with E-state index in [0.717, 1.165) is 6.42 Å². The van der Waals surface area contributed by atoms with Gasteiger partial charge in [0, 0.05) is 18.2 Å². The van der Waals surface area contributed by atoms with Crippen LogP contribution in [-0.2, 0) is 6.54 Å². The Bertz CT molecular complexity index is 569. The van der Waals surface area contributed by atoms with E-state index in [2.05, 4.69) is 24.4 Å². The second-order valence-electron chi connectivity index (χ2n) is 4.69. The van der Waals surface area contributed by atoms with Crippen LogP contribution < -0.4 is 5.32 Å². The van der Waals surface area contributed by atoms with Gasteiger partial charge < -0.3 is 20.6 Å². The maximum Gasteiger partial charge on any atom is 0.200 e. The van der Waals surface area contributed by atoms with Crippen molar-refractivity contribution >= 4 is 0 Å². The first kappa shape index (κ1) is 14.2. The molecule has 2 rings (SSSR count). The summed E-state index contributed by atoms with van der Waals surface area (Å²) in [5.74, 6) is -1.07. The molecule has 0 spiro atoms. The van der Waals surface area contributed by atoms with Gasteiger partial charge in [-0.15, -0.1) is 0 Å². The average Bonchev–Trinajstić information content (AvgIpc) is 2.48. The summed E-state index contributed by atoms with van der Waals surface area (Å²) < 4.78 is 0. The van der Waals surface area contributed by atoms with Crippen molar-refractivity contribution in [3.05, 3.63) is 53.6 Å². The van der Waals surface area contributed by atoms with E-state index in [9.17, 15) is 15.3 Å². The van der Waals surface area contributed by atoms with Gasteiger partial charge in [-0.25, -0.2) is 0 Å². The van der Waals surface area contributed by atoms with Crippen LogP contribution in [0.25, 0.3) is 0 Å². The quantitative estimate of drug-likeness (QED) is 0.632. The van der Waals surface area contributed by atoms with Crippen LogP contribution in [0.4, 0.5) is 0 Å². The second-order valence-corrected chi connectivity index (χ2v) is 4.69. The molecule has 0 heterocycles. The van der Waals surface area contributed by atoms with Gasteiger partial charge in [0.2, 0.25) is 5.75 Å². The standard InChI is InChI=1S/C16H19NO3/c1-2-13(11-6-4-3-5-7-11)17-10-12-8-9-14(18)16(20)15(12)19/h3-9,13,17-20H,2,10H2,1H3. The maximum atomic E-state index is 9.78. The molecular formula is C16H19NO3. The van der Waals surface area contributed by atoms with E-state index in [4.69, 9.17) is 0 Å². The zero-order chi connectivity index (χ0) is 14.5. The summed E-state index contributed by atoms with van der Waals surface area (Å²) in [7, 11) is 0. The Morgan fingerprint density at radius 3 is 2.30 bits per heavy atom. The van der Waals surface area contributed by atoms with E-state index in [1.165, 1.54) is 11.6 Å². The molecule has 0 saturated carbocycles. The molecule has 0 radical (unpaired) electrons. The van der Waals surface area contributed by atoms with Crippen LogP contribution in [0.3, 0.4) is 0 Å². The Morgan fingerprint density at radius 1 is 0.950 bits per heavy atom. The van der Waals surface area contributed by atoms with Gasteiger partial charge in [0.15, 0.2) is 11.5 Å². The highest BCUT2D eigenvalue weighted by Gasteiger charge is 2.13. The van der Waals surface area contributed by atoms with Crippen molar-refractivity contribution in [1.29, 1.82) is 0 Å². The lowest BCUT2D eigenvalue weighted by Crippen LogP contribution is -2.20. The lowest BCUT2D eigenvalue weighted by Gasteiger charge is -2.18. The Morgan fingerprint density at radius 2 is 1.65 bits per heavy atom. The molecule has 1 unspecified atom stereocenters. The van der Waals surface area contributed by atoms with Gasteiger partial charge in [-0.1, -0.05) is 43.3 Å². The molecular weight excluding hydrogens is 254 g/mol. The monoisotopic (exact) mass is 273 g/mol. The third kappa shape index (κ3) is 3.03. The van der Waals surface area contributed by atoms with Gasteiger partial charge >= 0.3 is 0 Å². The molecule has 0 fully saturated rings. The molecule has 4 N–H and O–H groups in total. The first-order valence-electron chi connectivity index (χ1n) is 6.64. The minimum absolute atomic E-state index is 0.173. The lowest BCUT2D eigenvalue weighted by atomic mass is 10.0. The first-order chi connectivity index (χ1) is 9.63. The zero-order valence-electron chi connectivity index (χ0n) is 11.4. The number of benzene rings is 2. The topological polar surface area (TPSA) is 72.7 Å². The third-order valence-electron chi connectivity index (χ3n) is 3.36. The van der Waals surface area contributed by atoms with Crippen LogP contribution in [0.15, 0.2) is 42.5 Å². The van der Waals surface area contributed by atoms with Crippen LogP contribution >= 0.6 is 0 Å². The van der Waals surface area contributed by atoms with Gasteiger partial charge in [-0.2, -0.15) is 0 Å². The summed E-state index contributed by atoms with van der Waals surface area (Å²) in [6.45, 7) is 2.49. The number of phenolic OH excluding ortho intramolecular Hbond substituents is 3. The largest absolute Gasteiger partial charge is 0.504 e. The van der Waals surface area contributed by atoms with Crippen molar-refractivity contribution in [2.24, 2.45) is 0 Å². The van der Waals surface area contributed by atoms with Crippen LogP contribution in [-0.4, -0.2) is 15.3 Å². The molecule has 4 nitrogen and oxygen atoms in total. The van der Waals surface area contributed by atoms with Gasteiger partial charge in [0.25, 0.3) is 0 Å². The van der Waals surface area contributed by atoms with E-state index in [1.54, 1.807) is 6.07 Å². The van der Waals surface area contributed by atoms with Crippen molar-refractivity contribution in [2.45, 2.75) is 25.9 Å². The predicted octanol–water partition coefficient (Wildman–Crippen LogP) is 3.04. The van der Waals surface area contributed by atoms with E-state index >= 15 is 0 Å². The fourth-order valence-corrected chi connectivity index (χ4v) is 2.17. The molecule has 0 amide bonds. The molecule has 0 bridgehead atoms. The molecule has 0 saturated heterocycles. The van der Waals surface area contributed by atoms with E-state index in [0.29, 0.717) is 12.1 Å². The summed E-state index contributed by atoms with van der Waals surface area (Å²) in [6, 6.07) is 13.2. The van der Waals surface area contributed by atoms with Gasteiger partial charge in [-0.05, 0) is 18.1 Å². The van der Waals surface area contributed by atoms with E-state index < -0.39 is 5.75 Å². The molecule has 1 atom stereocenters. The predicted molar refractivity (Wildman–Crippen MR) is 77.8 cm³/mol. The van der Waals surface area contributed by atoms with Crippen molar-refractivity contribution < 1.29 is 15.3 Å². The van der Waals surface area contributed by atoms with Gasteiger partial charge in [0.1, 0.15) is 0 Å². The molecule has 4 heteroatoms. The number of hydrogen-bond acceptors (Lipinski definition) is 4. The van der Waals surface area contributed by atoms with Crippen molar-refractivity contribution in [3.63, 3.8) is 0 Å². The van der Waals surface area contributed by atoms with Crippen LogP contribution in [0.2, 0.25) is 0 Å². The molecule has 2 aromatic rings. The summed E-state index contributed by atoms with van der Waals surface area (Å²) in [5, 5.41) is 31.9. The highest BCUT2D eigenvalue weighted by atomic mass is 16.3. The zero-order valence-corrected chi connectivity index (χ0v) is 11.4. The second kappa shape index (κ2) is 6.30. The van der Waals surface area contributed by atoms with Crippen LogP contribution in [0, 0.1) is 0 Å². The number of phenols is 3. The highest BCUT2D eigenvalue weighted by Crippen LogP contribution is 2.37.